The van der Waals surface area contributed by atoms with Gasteiger partial charge in [0.2, 0.25) is 5.91 Å². The Labute approximate surface area is 149 Å². The van der Waals surface area contributed by atoms with E-state index >= 15 is 0 Å². The van der Waals surface area contributed by atoms with Crippen molar-refractivity contribution < 1.29 is 4.79 Å². The highest BCUT2D eigenvalue weighted by Crippen LogP contribution is 2.23. The average molecular weight is 345 g/mol. The van der Waals surface area contributed by atoms with Crippen LogP contribution in [0.25, 0.3) is 0 Å². The van der Waals surface area contributed by atoms with E-state index in [9.17, 15) is 4.79 Å². The maximum absolute atomic E-state index is 12.2. The summed E-state index contributed by atoms with van der Waals surface area (Å²) in [6.45, 7) is 6.69. The van der Waals surface area contributed by atoms with Crippen molar-refractivity contribution in [1.29, 1.82) is 0 Å². The van der Waals surface area contributed by atoms with Crippen molar-refractivity contribution in [3.8, 4) is 0 Å². The third kappa shape index (κ3) is 5.08. The molecule has 1 atom stereocenters. The van der Waals surface area contributed by atoms with Crippen LogP contribution in [0.3, 0.4) is 0 Å². The fourth-order valence-corrected chi connectivity index (χ4v) is 2.84. The first-order valence-corrected chi connectivity index (χ1v) is 8.75. The van der Waals surface area contributed by atoms with Crippen LogP contribution in [0.2, 0.25) is 5.02 Å². The molecule has 24 heavy (non-hydrogen) atoms. The zero-order chi connectivity index (χ0) is 17.5. The summed E-state index contributed by atoms with van der Waals surface area (Å²) in [5, 5.41) is 6.74. The monoisotopic (exact) mass is 344 g/mol. The van der Waals surface area contributed by atoms with Gasteiger partial charge in [0.15, 0.2) is 0 Å². The van der Waals surface area contributed by atoms with Crippen LogP contribution in [0.1, 0.15) is 37.9 Å². The van der Waals surface area contributed by atoms with Crippen LogP contribution in [0.15, 0.2) is 48.5 Å². The Bertz CT molecular complexity index is 668. The molecule has 0 saturated heterocycles. The summed E-state index contributed by atoms with van der Waals surface area (Å²) in [5.41, 5.74) is 3.16. The molecule has 0 aliphatic carbocycles. The quantitative estimate of drug-likeness (QED) is 0.755. The van der Waals surface area contributed by atoms with Crippen LogP contribution in [0.5, 0.6) is 0 Å². The van der Waals surface area contributed by atoms with Crippen molar-refractivity contribution in [2.45, 2.75) is 33.2 Å². The van der Waals surface area contributed by atoms with Crippen LogP contribution >= 0.6 is 11.6 Å². The molecule has 3 nitrogen and oxygen atoms in total. The summed E-state index contributed by atoms with van der Waals surface area (Å²) in [6, 6.07) is 16.0. The molecule has 2 N–H and O–H groups in total. The molecule has 1 amide bonds. The van der Waals surface area contributed by atoms with Gasteiger partial charge in [0.05, 0.1) is 17.3 Å². The van der Waals surface area contributed by atoms with Gasteiger partial charge in [0.1, 0.15) is 0 Å². The van der Waals surface area contributed by atoms with Crippen LogP contribution in [-0.4, -0.2) is 12.5 Å². The molecule has 2 aromatic rings. The normalized spacial score (nSPS) is 12.2. The van der Waals surface area contributed by atoms with Crippen molar-refractivity contribution in [2.24, 2.45) is 5.92 Å². The Morgan fingerprint density at radius 3 is 2.33 bits per heavy atom. The Balaban J connectivity index is 1.98. The van der Waals surface area contributed by atoms with Gasteiger partial charge in [-0.25, -0.2) is 0 Å². The van der Waals surface area contributed by atoms with Gasteiger partial charge in [-0.3, -0.25) is 4.79 Å². The standard InChI is InChI=1S/C20H25ClN2O/c1-4-15-9-11-16(12-10-15)20(14(2)3)22-13-19(24)23-18-8-6-5-7-17(18)21/h5-12,14,20,22H,4,13H2,1-3H3,(H,23,24)/t20-/m1/s1. The summed E-state index contributed by atoms with van der Waals surface area (Å²) >= 11 is 6.07. The Morgan fingerprint density at radius 1 is 1.08 bits per heavy atom. The zero-order valence-corrected chi connectivity index (χ0v) is 15.2. The van der Waals surface area contributed by atoms with Gasteiger partial charge in [-0.15, -0.1) is 0 Å². The smallest absolute Gasteiger partial charge is 0.238 e. The van der Waals surface area contributed by atoms with Crippen molar-refractivity contribution >= 4 is 23.2 Å². The van der Waals surface area contributed by atoms with Crippen molar-refractivity contribution in [3.63, 3.8) is 0 Å². The predicted molar refractivity (Wildman–Crippen MR) is 101 cm³/mol. The first-order chi connectivity index (χ1) is 11.5. The Hall–Kier alpha value is -1.84. The SMILES string of the molecule is CCc1ccc([C@H](NCC(=O)Nc2ccccc2Cl)C(C)C)cc1. The number of rotatable bonds is 7. The molecule has 0 aromatic heterocycles. The second kappa shape index (κ2) is 8.86. The molecule has 128 valence electrons. The van der Waals surface area contributed by atoms with E-state index < -0.39 is 0 Å². The highest BCUT2D eigenvalue weighted by molar-refractivity contribution is 6.33. The molecule has 0 unspecified atom stereocenters. The summed E-state index contributed by atoms with van der Waals surface area (Å²) < 4.78 is 0. The number of carbonyl (C=O) groups is 1. The Kier molecular flexibility index (Phi) is 6.83. The minimum Gasteiger partial charge on any atom is -0.324 e. The van der Waals surface area contributed by atoms with E-state index in [0.717, 1.165) is 6.42 Å². The maximum Gasteiger partial charge on any atom is 0.238 e. The second-order valence-electron chi connectivity index (χ2n) is 6.23. The van der Waals surface area contributed by atoms with Gasteiger partial charge in [-0.1, -0.05) is 68.8 Å². The molecule has 0 saturated carbocycles. The fraction of sp³-hybridized carbons (Fsp3) is 0.350. The molecule has 2 rings (SSSR count). The van der Waals surface area contributed by atoms with Crippen molar-refractivity contribution in [3.05, 3.63) is 64.7 Å². The molecule has 0 fully saturated rings. The molecular formula is C20H25ClN2O. The third-order valence-corrected chi connectivity index (χ3v) is 4.37. The highest BCUT2D eigenvalue weighted by Gasteiger charge is 2.16. The molecule has 0 heterocycles. The summed E-state index contributed by atoms with van der Waals surface area (Å²) in [5.74, 6) is 0.282. The number of hydrogen-bond acceptors (Lipinski definition) is 2. The minimum absolute atomic E-state index is 0.0982. The molecule has 4 heteroatoms. The number of para-hydroxylation sites is 1. The van der Waals surface area contributed by atoms with Gasteiger partial charge >= 0.3 is 0 Å². The molecule has 0 radical (unpaired) electrons. The number of halogens is 1. The number of aryl methyl sites for hydroxylation is 1. The van der Waals surface area contributed by atoms with Gasteiger partial charge in [0.25, 0.3) is 0 Å². The number of benzene rings is 2. The lowest BCUT2D eigenvalue weighted by Crippen LogP contribution is -2.33. The number of anilines is 1. The number of carbonyl (C=O) groups excluding carboxylic acids is 1. The third-order valence-electron chi connectivity index (χ3n) is 4.04. The first-order valence-electron chi connectivity index (χ1n) is 8.37. The van der Waals surface area contributed by atoms with E-state index in [4.69, 9.17) is 11.6 Å². The topological polar surface area (TPSA) is 41.1 Å². The molecular weight excluding hydrogens is 320 g/mol. The van der Waals surface area contributed by atoms with Crippen LogP contribution in [-0.2, 0) is 11.2 Å². The van der Waals surface area contributed by atoms with E-state index in [0.29, 0.717) is 16.6 Å². The number of hydrogen-bond donors (Lipinski definition) is 2. The maximum atomic E-state index is 12.2. The number of nitrogens with one attached hydrogen (secondary N) is 2. The largest absolute Gasteiger partial charge is 0.324 e. The molecule has 0 aliphatic rings. The van der Waals surface area contributed by atoms with Crippen LogP contribution < -0.4 is 10.6 Å². The van der Waals surface area contributed by atoms with Gasteiger partial charge in [-0.2, -0.15) is 0 Å². The predicted octanol–water partition coefficient (Wildman–Crippen LogP) is 4.83. The molecule has 0 spiro atoms. The molecule has 0 bridgehead atoms. The van der Waals surface area contributed by atoms with Gasteiger partial charge in [-0.05, 0) is 35.6 Å². The summed E-state index contributed by atoms with van der Waals surface area (Å²) in [4.78, 5) is 12.2. The fourth-order valence-electron chi connectivity index (χ4n) is 2.66. The average Bonchev–Trinajstić information content (AvgIpc) is 2.57. The van der Waals surface area contributed by atoms with Crippen molar-refractivity contribution in [2.75, 3.05) is 11.9 Å². The zero-order valence-electron chi connectivity index (χ0n) is 14.5. The van der Waals surface area contributed by atoms with Gasteiger partial charge in [0, 0.05) is 6.04 Å². The van der Waals surface area contributed by atoms with E-state index in [1.807, 2.05) is 12.1 Å². The lowest BCUT2D eigenvalue weighted by Gasteiger charge is -2.23. The van der Waals surface area contributed by atoms with Crippen LogP contribution in [0.4, 0.5) is 5.69 Å². The van der Waals surface area contributed by atoms with E-state index in [1.165, 1.54) is 11.1 Å². The van der Waals surface area contributed by atoms with E-state index in [2.05, 4.69) is 55.7 Å². The second-order valence-corrected chi connectivity index (χ2v) is 6.63. The molecule has 0 aliphatic heterocycles. The lowest BCUT2D eigenvalue weighted by atomic mass is 9.95. The van der Waals surface area contributed by atoms with Gasteiger partial charge < -0.3 is 10.6 Å². The van der Waals surface area contributed by atoms with Crippen LogP contribution in [0, 0.1) is 5.92 Å². The summed E-state index contributed by atoms with van der Waals surface area (Å²) in [7, 11) is 0. The van der Waals surface area contributed by atoms with Crippen molar-refractivity contribution in [1.82, 2.24) is 5.32 Å². The molecule has 2 aromatic carbocycles. The minimum atomic E-state index is -0.0982. The highest BCUT2D eigenvalue weighted by atomic mass is 35.5. The van der Waals surface area contributed by atoms with E-state index in [1.54, 1.807) is 12.1 Å². The summed E-state index contributed by atoms with van der Waals surface area (Å²) in [6.07, 6.45) is 1.03. The van der Waals surface area contributed by atoms with E-state index in [-0.39, 0.29) is 18.5 Å². The first kappa shape index (κ1) is 18.5. The Morgan fingerprint density at radius 2 is 1.75 bits per heavy atom. The number of amides is 1. The lowest BCUT2D eigenvalue weighted by molar-refractivity contribution is -0.115.